The third kappa shape index (κ3) is 3.74. The second kappa shape index (κ2) is 8.24. The van der Waals surface area contributed by atoms with Gasteiger partial charge in [0.1, 0.15) is 22.2 Å². The van der Waals surface area contributed by atoms with Crippen LogP contribution in [0.5, 0.6) is 11.5 Å². The lowest BCUT2D eigenvalue weighted by Crippen LogP contribution is -2.32. The quantitative estimate of drug-likeness (QED) is 0.571. The van der Waals surface area contributed by atoms with E-state index in [2.05, 4.69) is 10.1 Å². The van der Waals surface area contributed by atoms with Crippen molar-refractivity contribution in [3.05, 3.63) is 58.8 Å². The summed E-state index contributed by atoms with van der Waals surface area (Å²) in [5, 5.41) is 2.57. The van der Waals surface area contributed by atoms with E-state index in [0.29, 0.717) is 17.2 Å². The Hall–Kier alpha value is -3.52. The summed E-state index contributed by atoms with van der Waals surface area (Å²) in [5.74, 6) is -1.02. The minimum atomic E-state index is -0.714. The summed E-state index contributed by atoms with van der Waals surface area (Å²) in [4.78, 5) is 38.2. The van der Waals surface area contributed by atoms with Gasteiger partial charge in [-0.1, -0.05) is 17.7 Å². The number of nitrogens with zero attached hydrogens (tertiary/aromatic N) is 1. The van der Waals surface area contributed by atoms with Crippen molar-refractivity contribution < 1.29 is 28.6 Å². The van der Waals surface area contributed by atoms with Gasteiger partial charge < -0.3 is 19.5 Å². The number of ether oxygens (including phenoxy) is 3. The van der Waals surface area contributed by atoms with Gasteiger partial charge >= 0.3 is 5.97 Å². The molecule has 0 saturated carbocycles. The average Bonchev–Trinajstić information content (AvgIpc) is 2.96. The zero-order valence-electron chi connectivity index (χ0n) is 15.8. The first-order valence-corrected chi connectivity index (χ1v) is 8.75. The minimum Gasteiger partial charge on any atom is -0.497 e. The number of esters is 1. The number of carbonyl (C=O) groups is 3. The van der Waals surface area contributed by atoms with E-state index in [1.54, 1.807) is 18.2 Å². The Balaban J connectivity index is 1.93. The van der Waals surface area contributed by atoms with Crippen LogP contribution in [0.2, 0.25) is 0 Å². The fourth-order valence-corrected chi connectivity index (χ4v) is 2.98. The van der Waals surface area contributed by atoms with Crippen LogP contribution in [0.25, 0.3) is 0 Å². The van der Waals surface area contributed by atoms with Gasteiger partial charge in [-0.05, 0) is 30.3 Å². The van der Waals surface area contributed by atoms with Crippen LogP contribution in [0, 0.1) is 0 Å². The van der Waals surface area contributed by atoms with Crippen LogP contribution >= 0.6 is 11.6 Å². The molecule has 0 unspecified atom stereocenters. The number of halogens is 1. The fraction of sp³-hybridized carbons (Fsp3) is 0.150. The van der Waals surface area contributed by atoms with Crippen LogP contribution in [0.1, 0.15) is 10.4 Å². The molecule has 0 radical (unpaired) electrons. The molecule has 1 aliphatic rings. The SMILES string of the molecule is COC(=O)c1cccc(N2C(=O)C(Cl)=C(Nc3ccc(OC)cc3OC)C2=O)c1. The second-order valence-corrected chi connectivity index (χ2v) is 6.25. The Morgan fingerprint density at radius 2 is 1.76 bits per heavy atom. The highest BCUT2D eigenvalue weighted by Gasteiger charge is 2.39. The monoisotopic (exact) mass is 416 g/mol. The van der Waals surface area contributed by atoms with Crippen molar-refractivity contribution in [2.75, 3.05) is 31.5 Å². The van der Waals surface area contributed by atoms with E-state index in [1.165, 1.54) is 45.6 Å². The van der Waals surface area contributed by atoms with Gasteiger partial charge in [0.05, 0.1) is 38.3 Å². The smallest absolute Gasteiger partial charge is 0.337 e. The Labute approximate surface area is 171 Å². The number of hydrogen-bond acceptors (Lipinski definition) is 7. The predicted octanol–water partition coefficient (Wildman–Crippen LogP) is 2.93. The summed E-state index contributed by atoms with van der Waals surface area (Å²) < 4.78 is 15.1. The van der Waals surface area contributed by atoms with Crippen molar-refractivity contribution in [1.29, 1.82) is 0 Å². The van der Waals surface area contributed by atoms with Crippen LogP contribution < -0.4 is 19.7 Å². The zero-order valence-corrected chi connectivity index (χ0v) is 16.6. The van der Waals surface area contributed by atoms with Crippen molar-refractivity contribution in [2.45, 2.75) is 0 Å². The number of anilines is 2. The predicted molar refractivity (Wildman–Crippen MR) is 106 cm³/mol. The summed E-state index contributed by atoms with van der Waals surface area (Å²) in [6, 6.07) is 10.9. The molecule has 0 aromatic heterocycles. The number of methoxy groups -OCH3 is 3. The summed E-state index contributed by atoms with van der Waals surface area (Å²) >= 11 is 6.15. The molecule has 0 aliphatic carbocycles. The van der Waals surface area contributed by atoms with Crippen molar-refractivity contribution in [2.24, 2.45) is 0 Å². The number of nitrogens with one attached hydrogen (secondary N) is 1. The lowest BCUT2D eigenvalue weighted by Gasteiger charge is -2.16. The maximum atomic E-state index is 12.9. The normalized spacial score (nSPS) is 13.6. The second-order valence-electron chi connectivity index (χ2n) is 5.87. The minimum absolute atomic E-state index is 0.108. The Kier molecular flexibility index (Phi) is 5.74. The topological polar surface area (TPSA) is 94.2 Å². The molecule has 0 saturated heterocycles. The van der Waals surface area contributed by atoms with Gasteiger partial charge in [-0.25, -0.2) is 9.69 Å². The van der Waals surface area contributed by atoms with Gasteiger partial charge in [-0.15, -0.1) is 0 Å². The number of benzene rings is 2. The molecular weight excluding hydrogens is 400 g/mol. The molecule has 29 heavy (non-hydrogen) atoms. The highest BCUT2D eigenvalue weighted by Crippen LogP contribution is 2.34. The summed E-state index contributed by atoms with van der Waals surface area (Å²) in [6.07, 6.45) is 0. The molecule has 2 aromatic carbocycles. The molecule has 9 heteroatoms. The number of imide groups is 1. The standard InChI is InChI=1S/C20H17ClN2O6/c1-27-13-7-8-14(15(10-13)28-2)22-17-16(21)18(24)23(19(17)25)12-6-4-5-11(9-12)20(26)29-3/h4-10,22H,1-3H3. The van der Waals surface area contributed by atoms with E-state index < -0.39 is 17.8 Å². The summed E-state index contributed by atoms with van der Waals surface area (Å²) in [5.41, 5.74) is 0.705. The molecule has 1 N–H and O–H groups in total. The third-order valence-corrected chi connectivity index (χ3v) is 4.57. The van der Waals surface area contributed by atoms with Crippen LogP contribution in [-0.4, -0.2) is 39.1 Å². The average molecular weight is 417 g/mol. The Morgan fingerprint density at radius 1 is 1.00 bits per heavy atom. The van der Waals surface area contributed by atoms with Crippen molar-refractivity contribution in [3.8, 4) is 11.5 Å². The molecule has 0 spiro atoms. The maximum Gasteiger partial charge on any atom is 0.337 e. The summed E-state index contributed by atoms with van der Waals surface area (Å²) in [7, 11) is 4.22. The van der Waals surface area contributed by atoms with Crippen LogP contribution in [0.3, 0.4) is 0 Å². The Bertz CT molecular complexity index is 1030. The number of rotatable bonds is 6. The van der Waals surface area contributed by atoms with E-state index in [-0.39, 0.29) is 22.0 Å². The number of hydrogen-bond donors (Lipinski definition) is 1. The lowest BCUT2D eigenvalue weighted by atomic mass is 10.2. The largest absolute Gasteiger partial charge is 0.497 e. The number of amides is 2. The van der Waals surface area contributed by atoms with Gasteiger partial charge in [-0.3, -0.25) is 9.59 Å². The molecule has 1 aliphatic heterocycles. The molecule has 0 fully saturated rings. The van der Waals surface area contributed by atoms with Gasteiger partial charge in [0.15, 0.2) is 0 Å². The van der Waals surface area contributed by atoms with E-state index in [0.717, 1.165) is 4.90 Å². The molecule has 1 heterocycles. The zero-order chi connectivity index (χ0) is 21.1. The van der Waals surface area contributed by atoms with Crippen LogP contribution in [-0.2, 0) is 14.3 Å². The lowest BCUT2D eigenvalue weighted by molar-refractivity contribution is -0.120. The van der Waals surface area contributed by atoms with Crippen molar-refractivity contribution >= 4 is 40.8 Å². The Morgan fingerprint density at radius 3 is 2.41 bits per heavy atom. The maximum absolute atomic E-state index is 12.9. The van der Waals surface area contributed by atoms with E-state index in [9.17, 15) is 14.4 Å². The van der Waals surface area contributed by atoms with E-state index in [1.807, 2.05) is 0 Å². The first kappa shape index (κ1) is 20.2. The highest BCUT2D eigenvalue weighted by atomic mass is 35.5. The molecule has 0 atom stereocenters. The fourth-order valence-electron chi connectivity index (χ4n) is 2.77. The summed E-state index contributed by atoms with van der Waals surface area (Å²) in [6.45, 7) is 0. The van der Waals surface area contributed by atoms with Crippen LogP contribution in [0.4, 0.5) is 11.4 Å². The third-order valence-electron chi connectivity index (χ3n) is 4.22. The molecular formula is C20H17ClN2O6. The first-order chi connectivity index (χ1) is 13.9. The van der Waals surface area contributed by atoms with Gasteiger partial charge in [0.2, 0.25) is 0 Å². The number of carbonyl (C=O) groups excluding carboxylic acids is 3. The molecule has 3 rings (SSSR count). The molecule has 8 nitrogen and oxygen atoms in total. The van der Waals surface area contributed by atoms with Crippen molar-refractivity contribution in [1.82, 2.24) is 0 Å². The molecule has 2 amide bonds. The van der Waals surface area contributed by atoms with Crippen molar-refractivity contribution in [3.63, 3.8) is 0 Å². The van der Waals surface area contributed by atoms with E-state index >= 15 is 0 Å². The van der Waals surface area contributed by atoms with Gasteiger partial charge in [-0.2, -0.15) is 0 Å². The van der Waals surface area contributed by atoms with E-state index in [4.69, 9.17) is 21.1 Å². The highest BCUT2D eigenvalue weighted by molar-refractivity contribution is 6.53. The van der Waals surface area contributed by atoms with Crippen LogP contribution in [0.15, 0.2) is 53.2 Å². The first-order valence-electron chi connectivity index (χ1n) is 8.37. The molecule has 0 bridgehead atoms. The van der Waals surface area contributed by atoms with Gasteiger partial charge in [0.25, 0.3) is 11.8 Å². The van der Waals surface area contributed by atoms with Gasteiger partial charge in [0, 0.05) is 6.07 Å². The molecule has 150 valence electrons. The molecule has 2 aromatic rings.